The first-order chi connectivity index (χ1) is 13.9. The Morgan fingerprint density at radius 1 is 1.17 bits per heavy atom. The highest BCUT2D eigenvalue weighted by molar-refractivity contribution is 7.17. The third kappa shape index (κ3) is 4.38. The van der Waals surface area contributed by atoms with Crippen molar-refractivity contribution in [2.75, 3.05) is 13.1 Å². The van der Waals surface area contributed by atoms with Crippen LogP contribution in [0.5, 0.6) is 0 Å². The van der Waals surface area contributed by atoms with E-state index in [9.17, 15) is 14.3 Å². The number of rotatable bonds is 4. The number of hydrogen-bond donors (Lipinski definition) is 1. The van der Waals surface area contributed by atoms with Crippen LogP contribution in [-0.4, -0.2) is 39.6 Å². The van der Waals surface area contributed by atoms with Gasteiger partial charge in [-0.25, -0.2) is 4.39 Å². The van der Waals surface area contributed by atoms with E-state index in [4.69, 9.17) is 0 Å². The lowest BCUT2D eigenvalue weighted by Gasteiger charge is -2.38. The molecule has 4 rings (SSSR count). The molecule has 1 fully saturated rings. The van der Waals surface area contributed by atoms with Gasteiger partial charge < -0.3 is 10.0 Å². The summed E-state index contributed by atoms with van der Waals surface area (Å²) >= 11 is 1.44. The minimum atomic E-state index is -0.789. The molecule has 4 nitrogen and oxygen atoms in total. The Balaban J connectivity index is 1.43. The van der Waals surface area contributed by atoms with Crippen molar-refractivity contribution in [3.05, 3.63) is 76.7 Å². The first kappa shape index (κ1) is 19.7. The van der Waals surface area contributed by atoms with Crippen molar-refractivity contribution in [1.82, 2.24) is 9.88 Å². The average molecular weight is 411 g/mol. The number of hydrogen-bond acceptors (Lipinski definition) is 4. The van der Waals surface area contributed by atoms with Crippen molar-refractivity contribution >= 4 is 17.2 Å². The second-order valence-electron chi connectivity index (χ2n) is 7.68. The molecule has 1 aliphatic rings. The van der Waals surface area contributed by atoms with E-state index in [0.717, 1.165) is 21.6 Å². The number of benzene rings is 1. The lowest BCUT2D eigenvalue weighted by atomic mass is 9.85. The molecule has 1 aliphatic heterocycles. The largest absolute Gasteiger partial charge is 0.389 e. The maximum atomic E-state index is 13.2. The van der Waals surface area contributed by atoms with E-state index < -0.39 is 5.60 Å². The van der Waals surface area contributed by atoms with Crippen LogP contribution in [-0.2, 0) is 6.42 Å². The van der Waals surface area contributed by atoms with Crippen LogP contribution in [0.4, 0.5) is 4.39 Å². The number of carbonyl (C=O) groups is 1. The number of nitrogens with zero attached hydrogens (tertiary/aromatic N) is 2. The third-order valence-electron chi connectivity index (χ3n) is 5.50. The predicted molar refractivity (Wildman–Crippen MR) is 112 cm³/mol. The summed E-state index contributed by atoms with van der Waals surface area (Å²) in [6.45, 7) is 3.03. The fourth-order valence-corrected chi connectivity index (χ4v) is 4.96. The van der Waals surface area contributed by atoms with E-state index in [1.807, 2.05) is 30.0 Å². The van der Waals surface area contributed by atoms with Crippen LogP contribution < -0.4 is 0 Å². The average Bonchev–Trinajstić information content (AvgIpc) is 3.11. The van der Waals surface area contributed by atoms with Crippen molar-refractivity contribution in [2.24, 2.45) is 0 Å². The van der Waals surface area contributed by atoms with Crippen LogP contribution in [0.2, 0.25) is 0 Å². The normalized spacial score (nSPS) is 16.0. The lowest BCUT2D eigenvalue weighted by molar-refractivity contribution is -0.0161. The van der Waals surface area contributed by atoms with Gasteiger partial charge in [0.2, 0.25) is 0 Å². The van der Waals surface area contributed by atoms with Gasteiger partial charge in [-0.3, -0.25) is 9.78 Å². The van der Waals surface area contributed by atoms with Crippen molar-refractivity contribution < 1.29 is 14.3 Å². The first-order valence-electron chi connectivity index (χ1n) is 9.70. The minimum Gasteiger partial charge on any atom is -0.389 e. The first-order valence-corrected chi connectivity index (χ1v) is 10.5. The van der Waals surface area contributed by atoms with Gasteiger partial charge in [-0.1, -0.05) is 12.1 Å². The highest BCUT2D eigenvalue weighted by Gasteiger charge is 2.34. The molecule has 0 aliphatic carbocycles. The van der Waals surface area contributed by atoms with E-state index in [1.54, 1.807) is 24.5 Å². The number of amides is 1. The fraction of sp³-hybridized carbons (Fsp3) is 0.304. The molecule has 150 valence electrons. The fourth-order valence-electron chi connectivity index (χ4n) is 3.81. The number of halogens is 1. The summed E-state index contributed by atoms with van der Waals surface area (Å²) in [6, 6.07) is 12.1. The van der Waals surface area contributed by atoms with Crippen molar-refractivity contribution in [3.8, 4) is 10.4 Å². The molecule has 0 atom stereocenters. The van der Waals surface area contributed by atoms with Crippen molar-refractivity contribution in [1.29, 1.82) is 0 Å². The molecule has 0 bridgehead atoms. The van der Waals surface area contributed by atoms with Gasteiger partial charge in [-0.15, -0.1) is 11.3 Å². The Hall–Kier alpha value is -2.57. The molecular weight excluding hydrogens is 387 g/mol. The van der Waals surface area contributed by atoms with Gasteiger partial charge >= 0.3 is 0 Å². The SMILES string of the molecule is Cc1cc(C(=O)N2CCC(O)(Cc3ccncc3)CC2)sc1-c1ccc(F)cc1. The number of likely N-dealkylation sites (tertiary alicyclic amines) is 1. The Morgan fingerprint density at radius 2 is 1.83 bits per heavy atom. The second-order valence-corrected chi connectivity index (χ2v) is 8.73. The zero-order valence-corrected chi connectivity index (χ0v) is 17.1. The van der Waals surface area contributed by atoms with E-state index >= 15 is 0 Å². The van der Waals surface area contributed by atoms with Crippen molar-refractivity contribution in [2.45, 2.75) is 31.8 Å². The molecule has 3 aromatic rings. The van der Waals surface area contributed by atoms with Gasteiger partial charge in [0.05, 0.1) is 10.5 Å². The highest BCUT2D eigenvalue weighted by atomic mass is 32.1. The minimum absolute atomic E-state index is 0.00239. The van der Waals surface area contributed by atoms with Gasteiger partial charge in [0.25, 0.3) is 5.91 Å². The zero-order valence-electron chi connectivity index (χ0n) is 16.3. The highest BCUT2D eigenvalue weighted by Crippen LogP contribution is 2.34. The smallest absolute Gasteiger partial charge is 0.263 e. The Morgan fingerprint density at radius 3 is 2.48 bits per heavy atom. The molecule has 0 saturated carbocycles. The third-order valence-corrected chi connectivity index (χ3v) is 6.77. The Bertz CT molecular complexity index is 993. The molecule has 1 amide bonds. The Labute approximate surface area is 173 Å². The molecule has 1 aromatic carbocycles. The molecule has 0 radical (unpaired) electrons. The van der Waals surface area contributed by atoms with Gasteiger partial charge in [0.1, 0.15) is 5.82 Å². The van der Waals surface area contributed by atoms with Crippen LogP contribution >= 0.6 is 11.3 Å². The van der Waals surface area contributed by atoms with Gasteiger partial charge in [0.15, 0.2) is 0 Å². The van der Waals surface area contributed by atoms with Crippen LogP contribution in [0.1, 0.15) is 33.6 Å². The van der Waals surface area contributed by atoms with Crippen LogP contribution in [0, 0.1) is 12.7 Å². The quantitative estimate of drug-likeness (QED) is 0.691. The van der Waals surface area contributed by atoms with Crippen LogP contribution in [0.3, 0.4) is 0 Å². The molecular formula is C23H23FN2O2S. The van der Waals surface area contributed by atoms with E-state index in [2.05, 4.69) is 4.98 Å². The summed E-state index contributed by atoms with van der Waals surface area (Å²) in [7, 11) is 0. The summed E-state index contributed by atoms with van der Waals surface area (Å²) < 4.78 is 13.2. The summed E-state index contributed by atoms with van der Waals surface area (Å²) in [5.74, 6) is -0.274. The molecule has 29 heavy (non-hydrogen) atoms. The standard InChI is InChI=1S/C23H23FN2O2S/c1-16-14-20(29-21(16)18-2-4-19(24)5-3-18)22(27)26-12-8-23(28,9-13-26)15-17-6-10-25-11-7-17/h2-7,10-11,14,28H,8-9,12-13,15H2,1H3. The Kier molecular flexibility index (Phi) is 5.48. The summed E-state index contributed by atoms with van der Waals surface area (Å²) in [6.07, 6.45) is 5.14. The number of carbonyl (C=O) groups excluding carboxylic acids is 1. The second kappa shape index (κ2) is 8.05. The number of aromatic nitrogens is 1. The van der Waals surface area contributed by atoms with E-state index in [-0.39, 0.29) is 11.7 Å². The molecule has 1 saturated heterocycles. The summed E-state index contributed by atoms with van der Waals surface area (Å²) in [5, 5.41) is 10.9. The number of piperidine rings is 1. The van der Waals surface area contributed by atoms with Gasteiger partial charge in [-0.2, -0.15) is 0 Å². The van der Waals surface area contributed by atoms with Crippen LogP contribution in [0.15, 0.2) is 54.9 Å². The molecule has 2 aromatic heterocycles. The lowest BCUT2D eigenvalue weighted by Crippen LogP contribution is -2.47. The molecule has 0 spiro atoms. The molecule has 6 heteroatoms. The summed E-state index contributed by atoms with van der Waals surface area (Å²) in [5.41, 5.74) is 2.19. The topological polar surface area (TPSA) is 53.4 Å². The molecule has 0 unspecified atom stereocenters. The summed E-state index contributed by atoms with van der Waals surface area (Å²) in [4.78, 5) is 20.5. The zero-order chi connectivity index (χ0) is 20.4. The number of pyridine rings is 1. The van der Waals surface area contributed by atoms with E-state index in [1.165, 1.54) is 23.5 Å². The molecule has 3 heterocycles. The predicted octanol–water partition coefficient (Wildman–Crippen LogP) is 4.47. The monoisotopic (exact) mass is 410 g/mol. The van der Waals surface area contributed by atoms with E-state index in [0.29, 0.717) is 37.2 Å². The van der Waals surface area contributed by atoms with Crippen LogP contribution in [0.25, 0.3) is 10.4 Å². The maximum Gasteiger partial charge on any atom is 0.263 e. The maximum absolute atomic E-state index is 13.2. The van der Waals surface area contributed by atoms with Gasteiger partial charge in [-0.05, 0) is 66.8 Å². The number of aliphatic hydroxyl groups is 1. The number of thiophene rings is 1. The molecule has 1 N–H and O–H groups in total. The van der Waals surface area contributed by atoms with Gasteiger partial charge in [0, 0.05) is 36.8 Å². The van der Waals surface area contributed by atoms with Crippen molar-refractivity contribution in [3.63, 3.8) is 0 Å². The number of aryl methyl sites for hydroxylation is 1.